The zero-order valence-electron chi connectivity index (χ0n) is 17.3. The second kappa shape index (κ2) is 9.01. The van der Waals surface area contributed by atoms with Crippen molar-refractivity contribution in [2.45, 2.75) is 26.3 Å². The number of phenols is 1. The van der Waals surface area contributed by atoms with Crippen LogP contribution in [0.25, 0.3) is 6.08 Å². The molecular weight excluding hydrogens is 370 g/mol. The molecule has 0 spiro atoms. The van der Waals surface area contributed by atoms with Gasteiger partial charge in [-0.2, -0.15) is 0 Å². The lowest BCUT2D eigenvalue weighted by Gasteiger charge is -2.18. The summed E-state index contributed by atoms with van der Waals surface area (Å²) in [6.07, 6.45) is 3.80. The molecule has 0 saturated carbocycles. The number of carbonyl (C=O) groups is 1. The highest BCUT2D eigenvalue weighted by atomic mass is 16.5. The number of ketones is 1. The molecule has 0 aliphatic carbocycles. The zero-order chi connectivity index (χ0) is 21.0. The number of fused-ring (bicyclic) bond motifs is 1. The minimum atomic E-state index is -0.220. The minimum absolute atomic E-state index is 0.125. The van der Waals surface area contributed by atoms with Gasteiger partial charge in [0.1, 0.15) is 23.0 Å². The summed E-state index contributed by atoms with van der Waals surface area (Å²) in [7, 11) is 5.14. The maximum atomic E-state index is 12.9. The van der Waals surface area contributed by atoms with E-state index in [9.17, 15) is 9.90 Å². The molecule has 1 heterocycles. The van der Waals surface area contributed by atoms with Crippen molar-refractivity contribution in [3.05, 3.63) is 52.8 Å². The summed E-state index contributed by atoms with van der Waals surface area (Å²) in [4.78, 5) is 15.0. The molecule has 0 atom stereocenters. The number of hydrogen-bond donors (Lipinski definition) is 1. The number of benzene rings is 2. The lowest BCUT2D eigenvalue weighted by atomic mass is 10.0. The van der Waals surface area contributed by atoms with Crippen molar-refractivity contribution in [1.29, 1.82) is 0 Å². The number of nitrogens with zero attached hydrogens (tertiary/aromatic N) is 1. The number of aromatic hydroxyl groups is 1. The molecule has 1 N–H and O–H groups in total. The highest BCUT2D eigenvalue weighted by Crippen LogP contribution is 2.40. The van der Waals surface area contributed by atoms with Gasteiger partial charge in [0, 0.05) is 12.1 Å². The van der Waals surface area contributed by atoms with Crippen LogP contribution in [-0.2, 0) is 6.54 Å². The molecule has 0 bridgehead atoms. The van der Waals surface area contributed by atoms with Gasteiger partial charge in [-0.05, 0) is 56.4 Å². The van der Waals surface area contributed by atoms with E-state index in [1.807, 2.05) is 7.05 Å². The number of ether oxygens (including phenoxy) is 3. The Kier molecular flexibility index (Phi) is 6.44. The molecule has 0 unspecified atom stereocenters. The van der Waals surface area contributed by atoms with E-state index in [-0.39, 0.29) is 17.3 Å². The van der Waals surface area contributed by atoms with E-state index in [0.717, 1.165) is 19.4 Å². The summed E-state index contributed by atoms with van der Waals surface area (Å²) in [5.74, 6) is 1.77. The molecule has 0 amide bonds. The van der Waals surface area contributed by atoms with Crippen molar-refractivity contribution < 1.29 is 24.1 Å². The molecule has 0 fully saturated rings. The van der Waals surface area contributed by atoms with Crippen molar-refractivity contribution in [1.82, 2.24) is 4.90 Å². The third-order valence-corrected chi connectivity index (χ3v) is 4.96. The smallest absolute Gasteiger partial charge is 0.231 e. The van der Waals surface area contributed by atoms with Crippen LogP contribution in [0.15, 0.2) is 36.1 Å². The quantitative estimate of drug-likeness (QED) is 0.672. The number of Topliss-reactive ketones (excluding diaryl/α,β-unsaturated/α-hetero) is 1. The SMILES string of the molecule is CCCCN(C)Cc1c(O)ccc2c1OC(=Cc1cc(OC)ccc1OC)C2=O. The summed E-state index contributed by atoms with van der Waals surface area (Å²) >= 11 is 0. The number of rotatable bonds is 8. The Bertz CT molecular complexity index is 935. The van der Waals surface area contributed by atoms with Crippen molar-refractivity contribution in [2.75, 3.05) is 27.8 Å². The molecule has 0 saturated heterocycles. The van der Waals surface area contributed by atoms with Crippen LogP contribution in [0, 0.1) is 0 Å². The predicted molar refractivity (Wildman–Crippen MR) is 112 cm³/mol. The van der Waals surface area contributed by atoms with Crippen LogP contribution in [0.4, 0.5) is 0 Å². The highest BCUT2D eigenvalue weighted by Gasteiger charge is 2.31. The first-order valence-electron chi connectivity index (χ1n) is 9.68. The Morgan fingerprint density at radius 1 is 1.17 bits per heavy atom. The molecule has 29 heavy (non-hydrogen) atoms. The van der Waals surface area contributed by atoms with Crippen molar-refractivity contribution in [2.24, 2.45) is 0 Å². The maximum Gasteiger partial charge on any atom is 0.231 e. The van der Waals surface area contributed by atoms with Crippen LogP contribution in [-0.4, -0.2) is 43.6 Å². The molecule has 6 nitrogen and oxygen atoms in total. The maximum absolute atomic E-state index is 12.9. The monoisotopic (exact) mass is 397 g/mol. The number of unbranched alkanes of at least 4 members (excludes halogenated alkanes) is 1. The normalized spacial score (nSPS) is 14.2. The van der Waals surface area contributed by atoms with Gasteiger partial charge in [-0.3, -0.25) is 4.79 Å². The average molecular weight is 397 g/mol. The average Bonchev–Trinajstić information content (AvgIpc) is 3.04. The molecule has 2 aromatic carbocycles. The Morgan fingerprint density at radius 3 is 2.66 bits per heavy atom. The minimum Gasteiger partial charge on any atom is -0.507 e. The Balaban J connectivity index is 1.95. The highest BCUT2D eigenvalue weighted by molar-refractivity contribution is 6.15. The fourth-order valence-corrected chi connectivity index (χ4v) is 3.32. The fraction of sp³-hybridized carbons (Fsp3) is 0.348. The number of phenolic OH excluding ortho intramolecular Hbond substituents is 1. The summed E-state index contributed by atoms with van der Waals surface area (Å²) in [6, 6.07) is 8.50. The number of hydrogen-bond acceptors (Lipinski definition) is 6. The van der Waals surface area contributed by atoms with Gasteiger partial charge in [-0.25, -0.2) is 0 Å². The van der Waals surface area contributed by atoms with Crippen molar-refractivity contribution >= 4 is 11.9 Å². The van der Waals surface area contributed by atoms with Gasteiger partial charge in [-0.15, -0.1) is 0 Å². The molecule has 1 aliphatic rings. The van der Waals surface area contributed by atoms with Crippen LogP contribution in [0.1, 0.15) is 41.3 Å². The van der Waals surface area contributed by atoms with Gasteiger partial charge < -0.3 is 24.2 Å². The number of allylic oxidation sites excluding steroid dienone is 1. The first-order chi connectivity index (χ1) is 14.0. The van der Waals surface area contributed by atoms with E-state index < -0.39 is 0 Å². The van der Waals surface area contributed by atoms with E-state index in [4.69, 9.17) is 14.2 Å². The summed E-state index contributed by atoms with van der Waals surface area (Å²) in [5, 5.41) is 10.4. The molecule has 154 valence electrons. The largest absolute Gasteiger partial charge is 0.507 e. The van der Waals surface area contributed by atoms with Crippen LogP contribution >= 0.6 is 0 Å². The first-order valence-corrected chi connectivity index (χ1v) is 9.68. The number of carbonyl (C=O) groups excluding carboxylic acids is 1. The molecule has 2 aromatic rings. The van der Waals surface area contributed by atoms with Gasteiger partial charge in [0.05, 0.1) is 25.3 Å². The third-order valence-electron chi connectivity index (χ3n) is 4.96. The molecule has 1 aliphatic heterocycles. The molecular formula is C23H27NO5. The molecule has 6 heteroatoms. The zero-order valence-corrected chi connectivity index (χ0v) is 17.3. The van der Waals surface area contributed by atoms with Crippen LogP contribution in [0.2, 0.25) is 0 Å². The van der Waals surface area contributed by atoms with Gasteiger partial charge >= 0.3 is 0 Å². The second-order valence-electron chi connectivity index (χ2n) is 7.08. The van der Waals surface area contributed by atoms with Gasteiger partial charge in [0.2, 0.25) is 5.78 Å². The van der Waals surface area contributed by atoms with E-state index in [1.54, 1.807) is 50.6 Å². The second-order valence-corrected chi connectivity index (χ2v) is 7.08. The van der Waals surface area contributed by atoms with Crippen molar-refractivity contribution in [3.8, 4) is 23.0 Å². The summed E-state index contributed by atoms with van der Waals surface area (Å²) in [5.41, 5.74) is 1.75. The van der Waals surface area contributed by atoms with E-state index in [0.29, 0.717) is 40.5 Å². The van der Waals surface area contributed by atoms with Gasteiger partial charge in [0.15, 0.2) is 5.76 Å². The van der Waals surface area contributed by atoms with E-state index >= 15 is 0 Å². The third kappa shape index (κ3) is 4.38. The molecule has 0 aromatic heterocycles. The lowest BCUT2D eigenvalue weighted by Crippen LogP contribution is -2.19. The summed E-state index contributed by atoms with van der Waals surface area (Å²) < 4.78 is 16.6. The van der Waals surface area contributed by atoms with Crippen LogP contribution in [0.3, 0.4) is 0 Å². The van der Waals surface area contributed by atoms with E-state index in [1.165, 1.54) is 0 Å². The topological polar surface area (TPSA) is 68.2 Å². The number of methoxy groups -OCH3 is 2. The van der Waals surface area contributed by atoms with Crippen molar-refractivity contribution in [3.63, 3.8) is 0 Å². The molecule has 0 radical (unpaired) electrons. The first kappa shape index (κ1) is 20.7. The molecule has 3 rings (SSSR count). The lowest BCUT2D eigenvalue weighted by molar-refractivity contribution is 0.101. The predicted octanol–water partition coefficient (Wildman–Crippen LogP) is 4.26. The Hall–Kier alpha value is -2.99. The van der Waals surface area contributed by atoms with Crippen LogP contribution < -0.4 is 14.2 Å². The fourth-order valence-electron chi connectivity index (χ4n) is 3.32. The van der Waals surface area contributed by atoms with Gasteiger partial charge in [0.25, 0.3) is 0 Å². The Labute approximate surface area is 171 Å². The van der Waals surface area contributed by atoms with E-state index in [2.05, 4.69) is 11.8 Å². The Morgan fingerprint density at radius 2 is 1.97 bits per heavy atom. The van der Waals surface area contributed by atoms with Gasteiger partial charge in [-0.1, -0.05) is 13.3 Å². The standard InChI is InChI=1S/C23H27NO5/c1-5-6-11-24(2)14-18-19(25)9-8-17-22(26)21(29-23(17)18)13-15-12-16(27-3)7-10-20(15)28-4/h7-10,12-13,25H,5-6,11,14H2,1-4H3. The summed E-state index contributed by atoms with van der Waals surface area (Å²) in [6.45, 7) is 3.53. The van der Waals surface area contributed by atoms with Crippen LogP contribution in [0.5, 0.6) is 23.0 Å².